The van der Waals surface area contributed by atoms with Crippen molar-refractivity contribution in [3.63, 3.8) is 0 Å². The van der Waals surface area contributed by atoms with E-state index in [-0.39, 0.29) is 23.7 Å². The van der Waals surface area contributed by atoms with Crippen molar-refractivity contribution in [2.45, 2.75) is 70.9 Å². The largest absolute Gasteiger partial charge is 0.444 e. The zero-order valence-corrected chi connectivity index (χ0v) is 20.5. The summed E-state index contributed by atoms with van der Waals surface area (Å²) in [5.41, 5.74) is 1.82. The van der Waals surface area contributed by atoms with Crippen LogP contribution in [-0.4, -0.2) is 52.2 Å². The standard InChI is InChI=1S/C25H35N3O6/c1-25(2,3)34-23(31)26-13-7-15-33-14-6-9-17-8-5-10-20-22(17)27(4)24(32)28(20)19-12-11-18(29)16-21(19)30/h5,8,10,19H,6-7,9,11-16H2,1-4H3,(H,26,31). The number of nitrogens with zero attached hydrogens (tertiary/aromatic N) is 2. The molecule has 2 aromatic rings. The molecular weight excluding hydrogens is 438 g/mol. The number of rotatable bonds is 9. The molecule has 1 fully saturated rings. The van der Waals surface area contributed by atoms with Crippen LogP contribution in [0.1, 0.15) is 64.5 Å². The average Bonchev–Trinajstić information content (AvgIpc) is 3.00. The molecule has 1 aliphatic carbocycles. The van der Waals surface area contributed by atoms with Crippen LogP contribution in [0, 0.1) is 0 Å². The quantitative estimate of drug-likeness (QED) is 0.443. The summed E-state index contributed by atoms with van der Waals surface area (Å²) in [4.78, 5) is 48.7. The van der Waals surface area contributed by atoms with Gasteiger partial charge >= 0.3 is 11.8 Å². The predicted molar refractivity (Wildman–Crippen MR) is 128 cm³/mol. The fourth-order valence-electron chi connectivity index (χ4n) is 4.30. The summed E-state index contributed by atoms with van der Waals surface area (Å²) in [7, 11) is 1.72. The topological polar surface area (TPSA) is 109 Å². The number of ether oxygens (including phenoxy) is 2. The molecular formula is C25H35N3O6. The first-order valence-electron chi connectivity index (χ1n) is 11.9. The fourth-order valence-corrected chi connectivity index (χ4v) is 4.30. The number of benzene rings is 1. The number of hydrogen-bond acceptors (Lipinski definition) is 6. The second kappa shape index (κ2) is 11.0. The SMILES string of the molecule is Cn1c(=O)n(C2CCC(=O)CC2=O)c2cccc(CCCOCCCNC(=O)OC(C)(C)C)c21. The molecule has 1 atom stereocenters. The molecule has 0 bridgehead atoms. The molecule has 186 valence electrons. The van der Waals surface area contributed by atoms with Gasteiger partial charge in [0.25, 0.3) is 0 Å². The zero-order chi connectivity index (χ0) is 24.9. The van der Waals surface area contributed by atoms with Gasteiger partial charge in [0.2, 0.25) is 0 Å². The Morgan fingerprint density at radius 3 is 2.59 bits per heavy atom. The Kier molecular flexibility index (Phi) is 8.30. The Labute approximate surface area is 199 Å². The van der Waals surface area contributed by atoms with Crippen LogP contribution in [0.3, 0.4) is 0 Å². The van der Waals surface area contributed by atoms with Gasteiger partial charge in [0, 0.05) is 33.2 Å². The van der Waals surface area contributed by atoms with Gasteiger partial charge in [0.05, 0.1) is 23.5 Å². The highest BCUT2D eigenvalue weighted by atomic mass is 16.6. The summed E-state index contributed by atoms with van der Waals surface area (Å²) in [6.07, 6.45) is 2.35. The third kappa shape index (κ3) is 6.34. The van der Waals surface area contributed by atoms with Crippen LogP contribution in [-0.2, 0) is 32.5 Å². The number of aryl methyl sites for hydroxylation is 2. The number of para-hydroxylation sites is 1. The normalized spacial score (nSPS) is 16.8. The molecule has 3 rings (SSSR count). The Morgan fingerprint density at radius 2 is 1.88 bits per heavy atom. The number of Topliss-reactive ketones (excluding diaryl/α,β-unsaturated/α-hetero) is 2. The van der Waals surface area contributed by atoms with Crippen molar-refractivity contribution < 1.29 is 23.9 Å². The third-order valence-corrected chi connectivity index (χ3v) is 5.81. The molecule has 1 unspecified atom stereocenters. The number of aromatic nitrogens is 2. The summed E-state index contributed by atoms with van der Waals surface area (Å²) in [6.45, 7) is 7.02. The Hall–Kier alpha value is -2.94. The highest BCUT2D eigenvalue weighted by Gasteiger charge is 2.31. The van der Waals surface area contributed by atoms with Crippen molar-refractivity contribution in [1.82, 2.24) is 14.5 Å². The van der Waals surface area contributed by atoms with Gasteiger partial charge in [-0.25, -0.2) is 9.59 Å². The maximum atomic E-state index is 13.0. The minimum Gasteiger partial charge on any atom is -0.444 e. The van der Waals surface area contributed by atoms with Crippen LogP contribution in [0.15, 0.2) is 23.0 Å². The van der Waals surface area contributed by atoms with E-state index in [1.807, 2.05) is 39.0 Å². The van der Waals surface area contributed by atoms with E-state index in [2.05, 4.69) is 5.32 Å². The fraction of sp³-hybridized carbons (Fsp3) is 0.600. The van der Waals surface area contributed by atoms with E-state index < -0.39 is 17.7 Å². The second-order valence-corrected chi connectivity index (χ2v) is 9.73. The van der Waals surface area contributed by atoms with Crippen molar-refractivity contribution >= 4 is 28.7 Å². The van der Waals surface area contributed by atoms with Gasteiger partial charge in [-0.15, -0.1) is 0 Å². The summed E-state index contributed by atoms with van der Waals surface area (Å²) in [6, 6.07) is 5.16. The molecule has 1 N–H and O–H groups in total. The number of amides is 1. The number of carbonyl (C=O) groups is 3. The van der Waals surface area contributed by atoms with Gasteiger partial charge in [-0.1, -0.05) is 12.1 Å². The molecule has 1 aromatic heterocycles. The molecule has 0 saturated heterocycles. The number of alkyl carbamates (subject to hydrolysis) is 1. The highest BCUT2D eigenvalue weighted by molar-refractivity contribution is 6.03. The molecule has 0 radical (unpaired) electrons. The van der Waals surface area contributed by atoms with E-state index in [4.69, 9.17) is 9.47 Å². The van der Waals surface area contributed by atoms with Gasteiger partial charge in [-0.3, -0.25) is 18.7 Å². The number of ketones is 2. The Balaban J connectivity index is 1.52. The Morgan fingerprint density at radius 1 is 1.15 bits per heavy atom. The van der Waals surface area contributed by atoms with E-state index >= 15 is 0 Å². The van der Waals surface area contributed by atoms with Crippen LogP contribution in [0.25, 0.3) is 11.0 Å². The summed E-state index contributed by atoms with van der Waals surface area (Å²) in [5.74, 6) is -0.248. The number of carbonyl (C=O) groups excluding carboxylic acids is 3. The Bertz CT molecular complexity index is 1110. The van der Waals surface area contributed by atoms with Crippen LogP contribution in [0.5, 0.6) is 0 Å². The molecule has 1 amide bonds. The minimum absolute atomic E-state index is 0.0594. The lowest BCUT2D eigenvalue weighted by atomic mass is 9.92. The molecule has 9 nitrogen and oxygen atoms in total. The lowest BCUT2D eigenvalue weighted by Gasteiger charge is -2.21. The lowest BCUT2D eigenvalue weighted by Crippen LogP contribution is -2.34. The van der Waals surface area contributed by atoms with Crippen LogP contribution in [0.4, 0.5) is 4.79 Å². The third-order valence-electron chi connectivity index (χ3n) is 5.81. The molecule has 1 aliphatic rings. The first kappa shape index (κ1) is 25.7. The zero-order valence-electron chi connectivity index (χ0n) is 20.5. The molecule has 1 heterocycles. The van der Waals surface area contributed by atoms with E-state index in [0.29, 0.717) is 39.0 Å². The van der Waals surface area contributed by atoms with Crippen LogP contribution in [0.2, 0.25) is 0 Å². The molecule has 1 aromatic carbocycles. The molecule has 9 heteroatoms. The van der Waals surface area contributed by atoms with Gasteiger partial charge in [0.15, 0.2) is 5.78 Å². The van der Waals surface area contributed by atoms with Crippen LogP contribution >= 0.6 is 0 Å². The number of hydrogen-bond donors (Lipinski definition) is 1. The van der Waals surface area contributed by atoms with Gasteiger partial charge in [0.1, 0.15) is 11.4 Å². The second-order valence-electron chi connectivity index (χ2n) is 9.73. The summed E-state index contributed by atoms with van der Waals surface area (Å²) >= 11 is 0. The minimum atomic E-state index is -0.582. The molecule has 0 aliphatic heterocycles. The summed E-state index contributed by atoms with van der Waals surface area (Å²) in [5, 5.41) is 2.70. The highest BCUT2D eigenvalue weighted by Crippen LogP contribution is 2.27. The predicted octanol–water partition coefficient (Wildman–Crippen LogP) is 3.07. The summed E-state index contributed by atoms with van der Waals surface area (Å²) < 4.78 is 14.0. The van der Waals surface area contributed by atoms with Gasteiger partial charge in [-0.05, 0) is 58.1 Å². The van der Waals surface area contributed by atoms with E-state index in [1.165, 1.54) is 0 Å². The van der Waals surface area contributed by atoms with Gasteiger partial charge < -0.3 is 14.8 Å². The molecule has 34 heavy (non-hydrogen) atoms. The van der Waals surface area contributed by atoms with Crippen molar-refractivity contribution in [3.05, 3.63) is 34.2 Å². The molecule has 0 spiro atoms. The monoisotopic (exact) mass is 473 g/mol. The first-order valence-corrected chi connectivity index (χ1v) is 11.9. The average molecular weight is 474 g/mol. The number of fused-ring (bicyclic) bond motifs is 1. The van der Waals surface area contributed by atoms with Crippen molar-refractivity contribution in [2.75, 3.05) is 19.8 Å². The molecule has 1 saturated carbocycles. The van der Waals surface area contributed by atoms with Gasteiger partial charge in [-0.2, -0.15) is 0 Å². The maximum Gasteiger partial charge on any atom is 0.407 e. The van der Waals surface area contributed by atoms with E-state index in [0.717, 1.165) is 29.4 Å². The maximum absolute atomic E-state index is 13.0. The smallest absolute Gasteiger partial charge is 0.407 e. The van der Waals surface area contributed by atoms with Crippen molar-refractivity contribution in [2.24, 2.45) is 7.05 Å². The number of imidazole rings is 1. The van der Waals surface area contributed by atoms with Crippen molar-refractivity contribution in [1.29, 1.82) is 0 Å². The number of nitrogens with one attached hydrogen (secondary N) is 1. The van der Waals surface area contributed by atoms with Crippen LogP contribution < -0.4 is 11.0 Å². The lowest BCUT2D eigenvalue weighted by molar-refractivity contribution is -0.132. The van der Waals surface area contributed by atoms with E-state index in [9.17, 15) is 19.2 Å². The first-order chi connectivity index (χ1) is 16.1. The van der Waals surface area contributed by atoms with Crippen molar-refractivity contribution in [3.8, 4) is 0 Å². The van der Waals surface area contributed by atoms with E-state index in [1.54, 1.807) is 16.2 Å².